The van der Waals surface area contributed by atoms with Crippen LogP contribution in [0.3, 0.4) is 0 Å². The van der Waals surface area contributed by atoms with E-state index in [1.165, 1.54) is 0 Å². The first-order valence-corrected chi connectivity index (χ1v) is 6.98. The van der Waals surface area contributed by atoms with Crippen LogP contribution in [0.1, 0.15) is 11.3 Å². The van der Waals surface area contributed by atoms with Crippen LogP contribution in [0, 0.1) is 6.92 Å². The minimum absolute atomic E-state index is 0.385. The van der Waals surface area contributed by atoms with E-state index in [9.17, 15) is 0 Å². The first-order valence-electron chi connectivity index (χ1n) is 6.58. The molecular formula is C17H14N2OS. The lowest BCUT2D eigenvalue weighted by atomic mass is 10.0. The Morgan fingerprint density at radius 2 is 1.76 bits per heavy atom. The van der Waals surface area contributed by atoms with Gasteiger partial charge in [0.2, 0.25) is 0 Å². The number of thiocarbonyl (C=S) groups is 1. The largest absolute Gasteiger partial charge is 0.455 e. The lowest BCUT2D eigenvalue weighted by molar-refractivity contribution is 0.481. The van der Waals surface area contributed by atoms with E-state index in [2.05, 4.69) is 4.98 Å². The SMILES string of the molecule is Cc1ncccc1Oc1ccc(C(N)=S)c2ccccc12. The first kappa shape index (κ1) is 13.5. The number of aryl methyl sites for hydroxylation is 1. The summed E-state index contributed by atoms with van der Waals surface area (Å²) in [5.74, 6) is 1.51. The maximum absolute atomic E-state index is 6.01. The van der Waals surface area contributed by atoms with E-state index in [0.717, 1.165) is 33.5 Å². The van der Waals surface area contributed by atoms with Crippen molar-refractivity contribution in [2.24, 2.45) is 5.73 Å². The Kier molecular flexibility index (Phi) is 3.54. The molecule has 0 aliphatic rings. The highest BCUT2D eigenvalue weighted by atomic mass is 32.1. The summed E-state index contributed by atoms with van der Waals surface area (Å²) in [6, 6.07) is 15.5. The summed E-state index contributed by atoms with van der Waals surface area (Å²) in [4.78, 5) is 4.62. The van der Waals surface area contributed by atoms with Crippen LogP contribution in [0.25, 0.3) is 10.8 Å². The Hall–Kier alpha value is -2.46. The van der Waals surface area contributed by atoms with E-state index in [0.29, 0.717) is 4.99 Å². The van der Waals surface area contributed by atoms with Crippen LogP contribution < -0.4 is 10.5 Å². The second-order valence-electron chi connectivity index (χ2n) is 4.71. The van der Waals surface area contributed by atoms with Gasteiger partial charge in [-0.1, -0.05) is 36.5 Å². The molecule has 0 spiro atoms. The van der Waals surface area contributed by atoms with Crippen molar-refractivity contribution in [3.63, 3.8) is 0 Å². The van der Waals surface area contributed by atoms with Crippen molar-refractivity contribution in [3.8, 4) is 11.5 Å². The van der Waals surface area contributed by atoms with E-state index < -0.39 is 0 Å². The molecule has 0 bridgehead atoms. The van der Waals surface area contributed by atoms with Gasteiger partial charge in [-0.3, -0.25) is 4.98 Å². The zero-order chi connectivity index (χ0) is 14.8. The topological polar surface area (TPSA) is 48.1 Å². The van der Waals surface area contributed by atoms with Crippen LogP contribution >= 0.6 is 12.2 Å². The van der Waals surface area contributed by atoms with Crippen LogP contribution in [-0.2, 0) is 0 Å². The third-order valence-electron chi connectivity index (χ3n) is 3.33. The van der Waals surface area contributed by atoms with Gasteiger partial charge in [0.25, 0.3) is 0 Å². The Labute approximate surface area is 128 Å². The molecule has 3 rings (SSSR count). The number of pyridine rings is 1. The molecule has 3 aromatic rings. The molecule has 0 unspecified atom stereocenters. The monoisotopic (exact) mass is 294 g/mol. The third kappa shape index (κ3) is 2.58. The number of hydrogen-bond donors (Lipinski definition) is 1. The Bertz CT molecular complexity index is 830. The first-order chi connectivity index (χ1) is 10.2. The second-order valence-corrected chi connectivity index (χ2v) is 5.15. The second kappa shape index (κ2) is 5.50. The smallest absolute Gasteiger partial charge is 0.148 e. The van der Waals surface area contributed by atoms with Crippen molar-refractivity contribution in [3.05, 3.63) is 66.0 Å². The molecule has 0 fully saturated rings. The van der Waals surface area contributed by atoms with Crippen molar-refractivity contribution in [1.82, 2.24) is 4.98 Å². The van der Waals surface area contributed by atoms with Gasteiger partial charge in [0.05, 0.1) is 5.69 Å². The molecule has 0 saturated heterocycles. The van der Waals surface area contributed by atoms with Crippen molar-refractivity contribution in [1.29, 1.82) is 0 Å². The maximum Gasteiger partial charge on any atom is 0.148 e. The number of aromatic nitrogens is 1. The summed E-state index contributed by atoms with van der Waals surface area (Å²) in [5, 5.41) is 1.97. The molecule has 2 N–H and O–H groups in total. The zero-order valence-electron chi connectivity index (χ0n) is 11.5. The molecule has 0 aliphatic heterocycles. The number of nitrogens with zero attached hydrogens (tertiary/aromatic N) is 1. The van der Waals surface area contributed by atoms with E-state index in [1.54, 1.807) is 6.20 Å². The fourth-order valence-electron chi connectivity index (χ4n) is 2.27. The van der Waals surface area contributed by atoms with Gasteiger partial charge in [0, 0.05) is 17.1 Å². The Morgan fingerprint density at radius 1 is 1.00 bits per heavy atom. The maximum atomic E-state index is 6.01. The summed E-state index contributed by atoms with van der Waals surface area (Å²) >= 11 is 5.11. The molecule has 4 heteroatoms. The van der Waals surface area contributed by atoms with Crippen molar-refractivity contribution in [2.45, 2.75) is 6.92 Å². The van der Waals surface area contributed by atoms with Crippen molar-refractivity contribution in [2.75, 3.05) is 0 Å². The average Bonchev–Trinajstić information content (AvgIpc) is 2.49. The van der Waals surface area contributed by atoms with Gasteiger partial charge < -0.3 is 10.5 Å². The van der Waals surface area contributed by atoms with E-state index in [4.69, 9.17) is 22.7 Å². The van der Waals surface area contributed by atoms with Crippen LogP contribution in [0.2, 0.25) is 0 Å². The number of benzene rings is 2. The predicted octanol–water partition coefficient (Wildman–Crippen LogP) is 3.97. The predicted molar refractivity (Wildman–Crippen MR) is 88.9 cm³/mol. The van der Waals surface area contributed by atoms with Gasteiger partial charge in [0.1, 0.15) is 16.5 Å². The van der Waals surface area contributed by atoms with Gasteiger partial charge in [-0.05, 0) is 36.6 Å². The summed E-state index contributed by atoms with van der Waals surface area (Å²) in [5.41, 5.74) is 7.49. The Morgan fingerprint density at radius 3 is 2.48 bits per heavy atom. The fourth-order valence-corrected chi connectivity index (χ4v) is 2.45. The van der Waals surface area contributed by atoms with Crippen LogP contribution in [0.4, 0.5) is 0 Å². The van der Waals surface area contributed by atoms with Gasteiger partial charge in [-0.15, -0.1) is 0 Å². The number of ether oxygens (including phenoxy) is 1. The number of rotatable bonds is 3. The molecule has 0 saturated carbocycles. The van der Waals surface area contributed by atoms with Gasteiger partial charge >= 0.3 is 0 Å². The van der Waals surface area contributed by atoms with Gasteiger partial charge in [-0.2, -0.15) is 0 Å². The van der Waals surface area contributed by atoms with E-state index in [1.807, 2.05) is 55.5 Å². The molecule has 1 aromatic heterocycles. The van der Waals surface area contributed by atoms with Crippen LogP contribution in [0.15, 0.2) is 54.7 Å². The lowest BCUT2D eigenvalue weighted by Gasteiger charge is -2.12. The van der Waals surface area contributed by atoms with E-state index >= 15 is 0 Å². The molecule has 0 aliphatic carbocycles. The summed E-state index contributed by atoms with van der Waals surface area (Å²) in [6.07, 6.45) is 1.75. The van der Waals surface area contributed by atoms with E-state index in [-0.39, 0.29) is 0 Å². The minimum atomic E-state index is 0.385. The number of nitrogens with two attached hydrogens (primary N) is 1. The highest BCUT2D eigenvalue weighted by Gasteiger charge is 2.10. The highest BCUT2D eigenvalue weighted by Crippen LogP contribution is 2.32. The van der Waals surface area contributed by atoms with Gasteiger partial charge in [-0.25, -0.2) is 0 Å². The molecule has 3 nitrogen and oxygen atoms in total. The molecule has 104 valence electrons. The molecule has 1 heterocycles. The summed E-state index contributed by atoms with van der Waals surface area (Å²) in [6.45, 7) is 1.92. The highest BCUT2D eigenvalue weighted by molar-refractivity contribution is 7.80. The Balaban J connectivity index is 2.14. The normalized spacial score (nSPS) is 10.5. The molecule has 0 atom stereocenters. The minimum Gasteiger partial charge on any atom is -0.455 e. The third-order valence-corrected chi connectivity index (χ3v) is 3.55. The molecule has 0 amide bonds. The van der Waals surface area contributed by atoms with Crippen molar-refractivity contribution >= 4 is 28.0 Å². The number of fused-ring (bicyclic) bond motifs is 1. The average molecular weight is 294 g/mol. The molecule has 0 radical (unpaired) electrons. The lowest BCUT2D eigenvalue weighted by Crippen LogP contribution is -2.09. The molecule has 21 heavy (non-hydrogen) atoms. The zero-order valence-corrected chi connectivity index (χ0v) is 12.4. The van der Waals surface area contributed by atoms with Gasteiger partial charge in [0.15, 0.2) is 0 Å². The number of hydrogen-bond acceptors (Lipinski definition) is 3. The fraction of sp³-hybridized carbons (Fsp3) is 0.0588. The quantitative estimate of drug-likeness (QED) is 0.743. The standard InChI is InChI=1S/C17H14N2OS/c1-11-15(7-4-10-19-11)20-16-9-8-14(17(18)21)12-5-2-3-6-13(12)16/h2-10H,1H3,(H2,18,21). The van der Waals surface area contributed by atoms with Crippen molar-refractivity contribution < 1.29 is 4.74 Å². The summed E-state index contributed by atoms with van der Waals surface area (Å²) < 4.78 is 6.01. The summed E-state index contributed by atoms with van der Waals surface area (Å²) in [7, 11) is 0. The molecule has 2 aromatic carbocycles. The van der Waals surface area contributed by atoms with Crippen LogP contribution in [0.5, 0.6) is 11.5 Å². The van der Waals surface area contributed by atoms with Crippen LogP contribution in [-0.4, -0.2) is 9.97 Å². The molecular weight excluding hydrogens is 280 g/mol.